The molecule has 0 N–H and O–H groups in total. The van der Waals surface area contributed by atoms with Gasteiger partial charge in [0.15, 0.2) is 0 Å². The maximum absolute atomic E-state index is 12.3. The van der Waals surface area contributed by atoms with Gasteiger partial charge in [-0.05, 0) is 27.9 Å². The van der Waals surface area contributed by atoms with Crippen molar-refractivity contribution in [2.45, 2.75) is 20.0 Å². The Hall–Kier alpha value is -0.910. The van der Waals surface area contributed by atoms with Gasteiger partial charge in [-0.2, -0.15) is 0 Å². The first kappa shape index (κ1) is 17.1. The molecule has 1 fully saturated rings. The third-order valence-electron chi connectivity index (χ3n) is 3.35. The first-order valence-corrected chi connectivity index (χ1v) is 7.33. The highest BCUT2D eigenvalue weighted by molar-refractivity contribution is 5.78. The summed E-state index contributed by atoms with van der Waals surface area (Å²) in [7, 11) is 4.08. The summed E-state index contributed by atoms with van der Waals surface area (Å²) < 4.78 is 5.73. The highest BCUT2D eigenvalue weighted by Crippen LogP contribution is 2.07. The fraction of sp³-hybridized carbons (Fsp3) is 0.800. The number of carbonyl (C=O) groups excluding carboxylic acids is 1. The summed E-state index contributed by atoms with van der Waals surface area (Å²) in [6.07, 6.45) is 0.197. The zero-order valence-corrected chi connectivity index (χ0v) is 13.4. The van der Waals surface area contributed by atoms with Crippen molar-refractivity contribution in [3.8, 4) is 0 Å². The molecule has 1 aliphatic heterocycles. The molecule has 116 valence electrons. The van der Waals surface area contributed by atoms with Crippen molar-refractivity contribution in [2.24, 2.45) is 0 Å². The Kier molecular flexibility index (Phi) is 7.19. The molecule has 0 spiro atoms. The minimum atomic E-state index is 0.181. The van der Waals surface area contributed by atoms with Crippen molar-refractivity contribution in [2.75, 3.05) is 60.0 Å². The number of hydrogen-bond acceptors (Lipinski definition) is 4. The molecule has 0 aromatic carbocycles. The average molecular weight is 283 g/mol. The molecule has 1 rings (SSSR count). The highest BCUT2D eigenvalue weighted by atomic mass is 16.5. The van der Waals surface area contributed by atoms with Gasteiger partial charge in [0.05, 0.1) is 19.3 Å². The lowest BCUT2D eigenvalue weighted by Crippen LogP contribution is -2.50. The van der Waals surface area contributed by atoms with Gasteiger partial charge in [0, 0.05) is 32.7 Å². The van der Waals surface area contributed by atoms with E-state index in [2.05, 4.69) is 16.4 Å². The van der Waals surface area contributed by atoms with E-state index in [1.165, 1.54) is 0 Å². The van der Waals surface area contributed by atoms with Crippen LogP contribution >= 0.6 is 0 Å². The minimum Gasteiger partial charge on any atom is -0.374 e. The molecule has 1 aliphatic rings. The molecule has 1 amide bonds. The lowest BCUT2D eigenvalue weighted by atomic mass is 10.2. The highest BCUT2D eigenvalue weighted by Gasteiger charge is 2.24. The normalized spacial score (nSPS) is 20.1. The molecule has 5 heteroatoms. The van der Waals surface area contributed by atoms with E-state index in [1.807, 2.05) is 32.8 Å². The van der Waals surface area contributed by atoms with Gasteiger partial charge < -0.3 is 14.5 Å². The second-order valence-corrected chi connectivity index (χ2v) is 5.86. The second-order valence-electron chi connectivity index (χ2n) is 5.86. The van der Waals surface area contributed by atoms with Gasteiger partial charge in [0.25, 0.3) is 0 Å². The zero-order valence-electron chi connectivity index (χ0n) is 13.4. The van der Waals surface area contributed by atoms with Crippen LogP contribution in [0.5, 0.6) is 0 Å². The summed E-state index contributed by atoms with van der Waals surface area (Å²) in [4.78, 5) is 18.5. The molecule has 0 radical (unpaired) electrons. The van der Waals surface area contributed by atoms with Gasteiger partial charge in [0.2, 0.25) is 5.91 Å². The Labute approximate surface area is 123 Å². The molecule has 0 saturated carbocycles. The van der Waals surface area contributed by atoms with Crippen LogP contribution in [0.25, 0.3) is 0 Å². The van der Waals surface area contributed by atoms with E-state index >= 15 is 0 Å². The molecular formula is C15H29N3O2. The van der Waals surface area contributed by atoms with Crippen molar-refractivity contribution >= 4 is 5.91 Å². The van der Waals surface area contributed by atoms with Gasteiger partial charge >= 0.3 is 0 Å². The van der Waals surface area contributed by atoms with Crippen LogP contribution in [0.15, 0.2) is 12.2 Å². The van der Waals surface area contributed by atoms with Crippen LogP contribution in [-0.2, 0) is 9.53 Å². The topological polar surface area (TPSA) is 36.0 Å². The van der Waals surface area contributed by atoms with Crippen molar-refractivity contribution in [3.05, 3.63) is 12.2 Å². The van der Waals surface area contributed by atoms with Gasteiger partial charge in [-0.25, -0.2) is 0 Å². The second kappa shape index (κ2) is 8.39. The fourth-order valence-electron chi connectivity index (χ4n) is 2.44. The van der Waals surface area contributed by atoms with E-state index in [4.69, 9.17) is 4.74 Å². The third-order valence-corrected chi connectivity index (χ3v) is 3.35. The molecule has 0 bridgehead atoms. The van der Waals surface area contributed by atoms with Crippen molar-refractivity contribution in [1.29, 1.82) is 0 Å². The largest absolute Gasteiger partial charge is 0.374 e. The van der Waals surface area contributed by atoms with Crippen molar-refractivity contribution < 1.29 is 9.53 Å². The first-order valence-electron chi connectivity index (χ1n) is 7.33. The van der Waals surface area contributed by atoms with E-state index in [9.17, 15) is 4.79 Å². The summed E-state index contributed by atoms with van der Waals surface area (Å²) in [5.74, 6) is 0.181. The maximum atomic E-state index is 12.3. The molecule has 5 nitrogen and oxygen atoms in total. The van der Waals surface area contributed by atoms with Crippen LogP contribution in [0.4, 0.5) is 0 Å². The summed E-state index contributed by atoms with van der Waals surface area (Å²) >= 11 is 0. The Balaban J connectivity index is 2.45. The Morgan fingerprint density at radius 1 is 1.45 bits per heavy atom. The summed E-state index contributed by atoms with van der Waals surface area (Å²) in [6, 6.07) is 0. The number of hydrogen-bond donors (Lipinski definition) is 0. The monoisotopic (exact) mass is 283 g/mol. The third kappa shape index (κ3) is 6.03. The van der Waals surface area contributed by atoms with Crippen LogP contribution in [0.1, 0.15) is 13.8 Å². The van der Waals surface area contributed by atoms with E-state index in [0.29, 0.717) is 19.7 Å². The molecule has 0 aromatic heterocycles. The van der Waals surface area contributed by atoms with Gasteiger partial charge in [-0.3, -0.25) is 9.69 Å². The van der Waals surface area contributed by atoms with E-state index in [-0.39, 0.29) is 12.0 Å². The smallest absolute Gasteiger partial charge is 0.237 e. The van der Waals surface area contributed by atoms with Crippen molar-refractivity contribution in [1.82, 2.24) is 14.7 Å². The summed E-state index contributed by atoms with van der Waals surface area (Å²) in [6.45, 7) is 13.0. The van der Waals surface area contributed by atoms with Gasteiger partial charge in [0.1, 0.15) is 0 Å². The number of nitrogens with zero attached hydrogens (tertiary/aromatic N) is 3. The number of ether oxygens (including phenoxy) is 1. The van der Waals surface area contributed by atoms with E-state index in [1.54, 1.807) is 0 Å². The Morgan fingerprint density at radius 3 is 2.70 bits per heavy atom. The first-order chi connectivity index (χ1) is 9.42. The van der Waals surface area contributed by atoms with Crippen LogP contribution in [0.2, 0.25) is 0 Å². The van der Waals surface area contributed by atoms with Gasteiger partial charge in [-0.15, -0.1) is 0 Å². The predicted molar refractivity (Wildman–Crippen MR) is 81.8 cm³/mol. The molecule has 0 aliphatic carbocycles. The molecule has 1 atom stereocenters. The fourth-order valence-corrected chi connectivity index (χ4v) is 2.44. The van der Waals surface area contributed by atoms with Crippen molar-refractivity contribution in [3.63, 3.8) is 0 Å². The van der Waals surface area contributed by atoms with E-state index < -0.39 is 0 Å². The molecule has 1 heterocycles. The van der Waals surface area contributed by atoms with E-state index in [0.717, 1.165) is 31.8 Å². The lowest BCUT2D eigenvalue weighted by molar-refractivity contribution is -0.134. The standard InChI is InChI=1S/C15H29N3O2/c1-6-18(9-13(2)3)15(19)12-17-7-8-20-14(11-17)10-16(4)5/h14H,2,6-12H2,1,3-5H3/t14-/m1/s1. The molecular weight excluding hydrogens is 254 g/mol. The molecule has 1 saturated heterocycles. The van der Waals surface area contributed by atoms with Crippen LogP contribution in [0, 0.1) is 0 Å². The zero-order chi connectivity index (χ0) is 15.1. The molecule has 0 unspecified atom stereocenters. The SMILES string of the molecule is C=C(C)CN(CC)C(=O)CN1CCO[C@H](CN(C)C)C1. The minimum absolute atomic E-state index is 0.181. The molecule has 20 heavy (non-hydrogen) atoms. The lowest BCUT2D eigenvalue weighted by Gasteiger charge is -2.34. The number of carbonyl (C=O) groups is 1. The average Bonchev–Trinajstić information content (AvgIpc) is 2.35. The number of rotatable bonds is 7. The van der Waals surface area contributed by atoms with Crippen LogP contribution in [0.3, 0.4) is 0 Å². The number of morpholine rings is 1. The van der Waals surface area contributed by atoms with Crippen LogP contribution < -0.4 is 0 Å². The predicted octanol–water partition coefficient (Wildman–Crippen LogP) is 0.673. The Morgan fingerprint density at radius 2 is 2.15 bits per heavy atom. The quantitative estimate of drug-likeness (QED) is 0.644. The summed E-state index contributed by atoms with van der Waals surface area (Å²) in [5.41, 5.74) is 1.02. The number of likely N-dealkylation sites (N-methyl/N-ethyl adjacent to an activating group) is 2. The maximum Gasteiger partial charge on any atom is 0.237 e. The Bertz CT molecular complexity index is 331. The molecule has 0 aromatic rings. The van der Waals surface area contributed by atoms with Gasteiger partial charge in [-0.1, -0.05) is 12.2 Å². The number of amides is 1. The van der Waals surface area contributed by atoms with Crippen LogP contribution in [-0.4, -0.2) is 86.7 Å². The summed E-state index contributed by atoms with van der Waals surface area (Å²) in [5, 5.41) is 0.